The van der Waals surface area contributed by atoms with Crippen LogP contribution in [0, 0.1) is 0 Å². The van der Waals surface area contributed by atoms with Crippen molar-refractivity contribution in [3.8, 4) is 0 Å². The second kappa shape index (κ2) is 6.55. The van der Waals surface area contributed by atoms with Gasteiger partial charge in [-0.2, -0.15) is 0 Å². The first-order valence-electron chi connectivity index (χ1n) is 7.34. The van der Waals surface area contributed by atoms with E-state index in [4.69, 9.17) is 0 Å². The van der Waals surface area contributed by atoms with Gasteiger partial charge in [-0.25, -0.2) is 0 Å². The van der Waals surface area contributed by atoms with Crippen LogP contribution in [0.25, 0.3) is 0 Å². The van der Waals surface area contributed by atoms with Gasteiger partial charge in [-0.3, -0.25) is 9.59 Å². The molecule has 1 aromatic carbocycles. The average molecular weight is 274 g/mol. The van der Waals surface area contributed by atoms with Gasteiger partial charge < -0.3 is 10.2 Å². The molecule has 0 saturated heterocycles. The third-order valence-electron chi connectivity index (χ3n) is 3.69. The Morgan fingerprint density at radius 2 is 2.05 bits per heavy atom. The molecule has 0 fully saturated rings. The lowest BCUT2D eigenvalue weighted by atomic mass is 10.1. The number of unbranched alkanes of at least 4 members (excludes halogenated alkanes) is 2. The predicted octanol–water partition coefficient (Wildman–Crippen LogP) is 2.27. The van der Waals surface area contributed by atoms with Gasteiger partial charge in [0.1, 0.15) is 0 Å². The molecule has 108 valence electrons. The van der Waals surface area contributed by atoms with E-state index in [1.807, 2.05) is 31.2 Å². The average Bonchev–Trinajstić information content (AvgIpc) is 2.78. The molecule has 0 aromatic heterocycles. The molecule has 0 spiro atoms. The monoisotopic (exact) mass is 274 g/mol. The van der Waals surface area contributed by atoms with Gasteiger partial charge in [0.25, 0.3) is 0 Å². The number of rotatable bonds is 4. The zero-order chi connectivity index (χ0) is 14.5. The second-order valence-corrected chi connectivity index (χ2v) is 5.32. The fourth-order valence-corrected chi connectivity index (χ4v) is 2.64. The Hall–Kier alpha value is -1.84. The molecule has 1 unspecified atom stereocenters. The number of benzene rings is 1. The van der Waals surface area contributed by atoms with Gasteiger partial charge in [0.05, 0.1) is 0 Å². The summed E-state index contributed by atoms with van der Waals surface area (Å²) < 4.78 is 0. The van der Waals surface area contributed by atoms with Gasteiger partial charge in [0.2, 0.25) is 0 Å². The van der Waals surface area contributed by atoms with E-state index in [1.165, 1.54) is 0 Å². The normalized spacial score (nSPS) is 16.9. The largest absolute Gasteiger partial charge is 0.348 e. The number of hydrogen-bond acceptors (Lipinski definition) is 2. The summed E-state index contributed by atoms with van der Waals surface area (Å²) in [5, 5.41) is 2.72. The molecule has 4 nitrogen and oxygen atoms in total. The van der Waals surface area contributed by atoms with Crippen molar-refractivity contribution in [3.05, 3.63) is 29.8 Å². The minimum Gasteiger partial charge on any atom is -0.348 e. The van der Waals surface area contributed by atoms with Crippen LogP contribution in [0.1, 0.15) is 38.7 Å². The molecule has 1 aliphatic rings. The van der Waals surface area contributed by atoms with Crippen LogP contribution in [0.3, 0.4) is 0 Å². The first-order valence-corrected chi connectivity index (χ1v) is 7.34. The zero-order valence-electron chi connectivity index (χ0n) is 12.2. The second-order valence-electron chi connectivity index (χ2n) is 5.32. The summed E-state index contributed by atoms with van der Waals surface area (Å²) in [6.45, 7) is 4.65. The summed E-state index contributed by atoms with van der Waals surface area (Å²) >= 11 is 0. The third-order valence-corrected chi connectivity index (χ3v) is 3.69. The Bertz CT molecular complexity index is 499. The Balaban J connectivity index is 2.00. The molecular formula is C16H22N2O2. The summed E-state index contributed by atoms with van der Waals surface area (Å²) in [4.78, 5) is 25.9. The number of carbonyl (C=O) groups excluding carboxylic acids is 2. The summed E-state index contributed by atoms with van der Waals surface area (Å²) in [5.74, 6) is -0.941. The van der Waals surface area contributed by atoms with Crippen molar-refractivity contribution in [1.29, 1.82) is 0 Å². The van der Waals surface area contributed by atoms with Crippen LogP contribution >= 0.6 is 0 Å². The van der Waals surface area contributed by atoms with E-state index in [9.17, 15) is 9.59 Å². The summed E-state index contributed by atoms with van der Waals surface area (Å²) in [7, 11) is 0. The number of hydrogen-bond donors (Lipinski definition) is 1. The quantitative estimate of drug-likeness (QED) is 0.676. The van der Waals surface area contributed by atoms with E-state index in [0.29, 0.717) is 6.54 Å². The first kappa shape index (κ1) is 14.6. The maximum absolute atomic E-state index is 12.3. The maximum atomic E-state index is 12.3. The summed E-state index contributed by atoms with van der Waals surface area (Å²) in [6, 6.07) is 7.82. The summed E-state index contributed by atoms with van der Waals surface area (Å²) in [5.41, 5.74) is 2.00. The predicted molar refractivity (Wildman–Crippen MR) is 79.6 cm³/mol. The van der Waals surface area contributed by atoms with Crippen molar-refractivity contribution >= 4 is 17.5 Å². The molecule has 1 aromatic rings. The Morgan fingerprint density at radius 3 is 2.80 bits per heavy atom. The van der Waals surface area contributed by atoms with E-state index in [0.717, 1.165) is 36.9 Å². The number of nitrogens with one attached hydrogen (secondary N) is 1. The zero-order valence-corrected chi connectivity index (χ0v) is 12.2. The molecule has 0 saturated carbocycles. The van der Waals surface area contributed by atoms with Crippen LogP contribution < -0.4 is 10.2 Å². The molecule has 0 bridgehead atoms. The standard InChI is InChI=1S/C16H22N2O2/c1-3-4-7-10-17-15(19)16(20)18-12(2)11-13-8-5-6-9-14(13)18/h5-6,8-9,12H,3-4,7,10-11H2,1-2H3,(H,17,19). The van der Waals surface area contributed by atoms with Gasteiger partial charge in [-0.1, -0.05) is 38.0 Å². The smallest absolute Gasteiger partial charge is 0.316 e. The Kier molecular flexibility index (Phi) is 4.77. The van der Waals surface area contributed by atoms with Gasteiger partial charge in [0.15, 0.2) is 0 Å². The van der Waals surface area contributed by atoms with Crippen molar-refractivity contribution in [2.45, 2.75) is 45.6 Å². The molecule has 2 amide bonds. The van der Waals surface area contributed by atoms with Crippen LogP contribution in [-0.4, -0.2) is 24.4 Å². The van der Waals surface area contributed by atoms with Crippen molar-refractivity contribution < 1.29 is 9.59 Å². The fraction of sp³-hybridized carbons (Fsp3) is 0.500. The molecular weight excluding hydrogens is 252 g/mol. The van der Waals surface area contributed by atoms with Crippen LogP contribution in [0.15, 0.2) is 24.3 Å². The van der Waals surface area contributed by atoms with Crippen molar-refractivity contribution in [3.63, 3.8) is 0 Å². The lowest BCUT2D eigenvalue weighted by molar-refractivity contribution is -0.137. The highest BCUT2D eigenvalue weighted by atomic mass is 16.2. The molecule has 4 heteroatoms. The van der Waals surface area contributed by atoms with Crippen LogP contribution in [0.2, 0.25) is 0 Å². The topological polar surface area (TPSA) is 49.4 Å². The fourth-order valence-electron chi connectivity index (χ4n) is 2.64. The number of amides is 2. The molecule has 1 aliphatic heterocycles. The molecule has 2 rings (SSSR count). The number of fused-ring (bicyclic) bond motifs is 1. The van der Waals surface area contributed by atoms with Crippen molar-refractivity contribution in [2.75, 3.05) is 11.4 Å². The highest BCUT2D eigenvalue weighted by Gasteiger charge is 2.33. The molecule has 0 aliphatic carbocycles. The Morgan fingerprint density at radius 1 is 1.30 bits per heavy atom. The van der Waals surface area contributed by atoms with Crippen LogP contribution in [0.4, 0.5) is 5.69 Å². The van der Waals surface area contributed by atoms with E-state index >= 15 is 0 Å². The molecule has 1 heterocycles. The first-order chi connectivity index (χ1) is 9.65. The number of carbonyl (C=O) groups is 2. The minimum atomic E-state index is -0.496. The van der Waals surface area contributed by atoms with E-state index in [2.05, 4.69) is 12.2 Å². The van der Waals surface area contributed by atoms with Crippen LogP contribution in [0.5, 0.6) is 0 Å². The number of anilines is 1. The summed E-state index contributed by atoms with van der Waals surface area (Å²) in [6.07, 6.45) is 3.89. The molecule has 20 heavy (non-hydrogen) atoms. The Labute approximate surface area is 120 Å². The molecule has 1 atom stereocenters. The van der Waals surface area contributed by atoms with Gasteiger partial charge in [0, 0.05) is 18.3 Å². The van der Waals surface area contributed by atoms with E-state index in [-0.39, 0.29) is 6.04 Å². The highest BCUT2D eigenvalue weighted by Crippen LogP contribution is 2.31. The van der Waals surface area contributed by atoms with E-state index < -0.39 is 11.8 Å². The third kappa shape index (κ3) is 3.00. The number of nitrogens with zero attached hydrogens (tertiary/aromatic N) is 1. The van der Waals surface area contributed by atoms with Gasteiger partial charge in [-0.05, 0) is 31.4 Å². The maximum Gasteiger partial charge on any atom is 0.316 e. The lowest BCUT2D eigenvalue weighted by Gasteiger charge is -2.21. The SMILES string of the molecule is CCCCCNC(=O)C(=O)N1c2ccccc2CC1C. The minimum absolute atomic E-state index is 0.0429. The lowest BCUT2D eigenvalue weighted by Crippen LogP contribution is -2.45. The van der Waals surface area contributed by atoms with Gasteiger partial charge in [-0.15, -0.1) is 0 Å². The van der Waals surface area contributed by atoms with Crippen LogP contribution in [-0.2, 0) is 16.0 Å². The highest BCUT2D eigenvalue weighted by molar-refractivity contribution is 6.40. The van der Waals surface area contributed by atoms with Crippen molar-refractivity contribution in [1.82, 2.24) is 5.32 Å². The van der Waals surface area contributed by atoms with E-state index in [1.54, 1.807) is 4.90 Å². The van der Waals surface area contributed by atoms with Gasteiger partial charge >= 0.3 is 11.8 Å². The van der Waals surface area contributed by atoms with Crippen molar-refractivity contribution in [2.24, 2.45) is 0 Å². The number of para-hydroxylation sites is 1. The molecule has 0 radical (unpaired) electrons. The molecule has 1 N–H and O–H groups in total.